The van der Waals surface area contributed by atoms with Crippen LogP contribution in [0.15, 0.2) is 12.1 Å². The van der Waals surface area contributed by atoms with E-state index < -0.39 is 0 Å². The number of hydrogen-bond donors (Lipinski definition) is 0. The Bertz CT molecular complexity index is 477. The zero-order chi connectivity index (χ0) is 14.5. The van der Waals surface area contributed by atoms with Crippen molar-refractivity contribution < 1.29 is 9.59 Å². The molecule has 1 saturated heterocycles. The Balaban J connectivity index is 1.88. The predicted octanol–water partition coefficient (Wildman–Crippen LogP) is 2.41. The van der Waals surface area contributed by atoms with E-state index in [1.165, 1.54) is 11.3 Å². The molecule has 1 unspecified atom stereocenters. The van der Waals surface area contributed by atoms with Gasteiger partial charge in [-0.2, -0.15) is 0 Å². The average molecular weight is 315 g/mol. The molecular weight excluding hydrogens is 296 g/mol. The molecule has 0 aliphatic carbocycles. The van der Waals surface area contributed by atoms with Crippen LogP contribution in [0.25, 0.3) is 0 Å². The molecule has 1 aromatic heterocycles. The van der Waals surface area contributed by atoms with Gasteiger partial charge in [0.05, 0.1) is 23.5 Å². The van der Waals surface area contributed by atoms with E-state index in [1.54, 1.807) is 11.9 Å². The van der Waals surface area contributed by atoms with Crippen LogP contribution in [0.1, 0.15) is 24.1 Å². The molecule has 0 N–H and O–H groups in total. The van der Waals surface area contributed by atoms with Gasteiger partial charge in [0, 0.05) is 11.9 Å². The molecular formula is C14H19ClN2O2S. The minimum atomic E-state index is -0.0997. The number of carbonyl (C=O) groups excluding carboxylic acids is 2. The summed E-state index contributed by atoms with van der Waals surface area (Å²) in [6.45, 7) is 1.71. The minimum absolute atomic E-state index is 0.0447. The number of rotatable bonds is 5. The van der Waals surface area contributed by atoms with Crippen LogP contribution in [-0.4, -0.2) is 48.2 Å². The fraction of sp³-hybridized carbons (Fsp3) is 0.571. The molecule has 0 aromatic carbocycles. The summed E-state index contributed by atoms with van der Waals surface area (Å²) in [7, 11) is 1.79. The summed E-state index contributed by atoms with van der Waals surface area (Å²) in [5, 5.41) is 0. The van der Waals surface area contributed by atoms with Gasteiger partial charge in [0.15, 0.2) is 0 Å². The van der Waals surface area contributed by atoms with Crippen LogP contribution >= 0.6 is 22.9 Å². The zero-order valence-corrected chi connectivity index (χ0v) is 13.1. The van der Waals surface area contributed by atoms with Gasteiger partial charge in [0.2, 0.25) is 5.91 Å². The van der Waals surface area contributed by atoms with Crippen molar-refractivity contribution in [3.05, 3.63) is 21.3 Å². The van der Waals surface area contributed by atoms with Gasteiger partial charge in [-0.15, -0.1) is 11.3 Å². The number of likely N-dealkylation sites (tertiary alicyclic amines) is 1. The predicted molar refractivity (Wildman–Crippen MR) is 81.1 cm³/mol. The number of thiophene rings is 1. The quantitative estimate of drug-likeness (QED) is 0.784. The first-order valence-corrected chi connectivity index (χ1v) is 7.97. The number of hydrogen-bond acceptors (Lipinski definition) is 4. The molecule has 110 valence electrons. The standard InChI is InChI=1S/C14H19ClN2O2S/c1-16(8-12-5-6-13(15)20-12)14(19)9-17-7-3-2-4-11(17)10-18/h5-6,10-11H,2-4,7-9H2,1H3. The maximum Gasteiger partial charge on any atom is 0.236 e. The monoisotopic (exact) mass is 314 g/mol. The molecule has 6 heteroatoms. The van der Waals surface area contributed by atoms with Crippen molar-refractivity contribution in [3.8, 4) is 0 Å². The molecule has 1 amide bonds. The van der Waals surface area contributed by atoms with E-state index >= 15 is 0 Å². The second kappa shape index (κ2) is 7.20. The Morgan fingerprint density at radius 1 is 1.55 bits per heavy atom. The van der Waals surface area contributed by atoms with Crippen molar-refractivity contribution in [3.63, 3.8) is 0 Å². The summed E-state index contributed by atoms with van der Waals surface area (Å²) in [6, 6.07) is 3.68. The number of piperidine rings is 1. The number of carbonyl (C=O) groups is 2. The highest BCUT2D eigenvalue weighted by Crippen LogP contribution is 2.22. The summed E-state index contributed by atoms with van der Waals surface area (Å²) in [4.78, 5) is 28.0. The number of halogens is 1. The van der Waals surface area contributed by atoms with Gasteiger partial charge in [-0.05, 0) is 31.5 Å². The summed E-state index contributed by atoms with van der Waals surface area (Å²) < 4.78 is 0.734. The third kappa shape index (κ3) is 4.04. The fourth-order valence-electron chi connectivity index (χ4n) is 2.42. The Labute approximate surface area is 128 Å². The number of aldehydes is 1. The van der Waals surface area contributed by atoms with Crippen molar-refractivity contribution in [2.45, 2.75) is 31.8 Å². The van der Waals surface area contributed by atoms with Crippen molar-refractivity contribution in [1.29, 1.82) is 0 Å². The van der Waals surface area contributed by atoms with E-state index in [0.29, 0.717) is 13.1 Å². The Kier molecular flexibility index (Phi) is 5.57. The molecule has 0 radical (unpaired) electrons. The first-order valence-electron chi connectivity index (χ1n) is 6.77. The average Bonchev–Trinajstić information content (AvgIpc) is 2.84. The van der Waals surface area contributed by atoms with E-state index in [-0.39, 0.29) is 11.9 Å². The highest BCUT2D eigenvalue weighted by Gasteiger charge is 2.24. The van der Waals surface area contributed by atoms with Crippen LogP contribution in [0, 0.1) is 0 Å². The molecule has 20 heavy (non-hydrogen) atoms. The zero-order valence-electron chi connectivity index (χ0n) is 11.5. The molecule has 1 atom stereocenters. The second-order valence-electron chi connectivity index (χ2n) is 5.13. The molecule has 2 rings (SSSR count). The minimum Gasteiger partial charge on any atom is -0.340 e. The SMILES string of the molecule is CN(Cc1ccc(Cl)s1)C(=O)CN1CCCCC1C=O. The molecule has 1 aliphatic heterocycles. The Morgan fingerprint density at radius 3 is 3.00 bits per heavy atom. The summed E-state index contributed by atoms with van der Waals surface area (Å²) in [5.74, 6) is 0.0447. The van der Waals surface area contributed by atoms with Gasteiger partial charge < -0.3 is 9.69 Å². The van der Waals surface area contributed by atoms with Gasteiger partial charge in [-0.1, -0.05) is 18.0 Å². The lowest BCUT2D eigenvalue weighted by Gasteiger charge is -2.32. The smallest absolute Gasteiger partial charge is 0.236 e. The van der Waals surface area contributed by atoms with Gasteiger partial charge in [-0.3, -0.25) is 9.69 Å². The summed E-state index contributed by atoms with van der Waals surface area (Å²) >= 11 is 7.37. The van der Waals surface area contributed by atoms with Crippen molar-refractivity contribution in [1.82, 2.24) is 9.80 Å². The van der Waals surface area contributed by atoms with Crippen LogP contribution in [0.5, 0.6) is 0 Å². The molecule has 1 aliphatic rings. The number of nitrogens with zero attached hydrogens (tertiary/aromatic N) is 2. The summed E-state index contributed by atoms with van der Waals surface area (Å²) in [5.41, 5.74) is 0. The van der Waals surface area contributed by atoms with Crippen LogP contribution in [0.2, 0.25) is 4.34 Å². The van der Waals surface area contributed by atoms with Gasteiger partial charge in [0.25, 0.3) is 0 Å². The maximum atomic E-state index is 12.2. The van der Waals surface area contributed by atoms with Crippen LogP contribution < -0.4 is 0 Å². The first kappa shape index (κ1) is 15.5. The van der Waals surface area contributed by atoms with E-state index in [4.69, 9.17) is 11.6 Å². The first-order chi connectivity index (χ1) is 9.60. The molecule has 2 heterocycles. The molecule has 0 spiro atoms. The van der Waals surface area contributed by atoms with Crippen LogP contribution in [0.3, 0.4) is 0 Å². The van der Waals surface area contributed by atoms with E-state index in [1.807, 2.05) is 17.0 Å². The third-order valence-corrected chi connectivity index (χ3v) is 4.82. The van der Waals surface area contributed by atoms with Crippen molar-refractivity contribution in [2.75, 3.05) is 20.1 Å². The largest absolute Gasteiger partial charge is 0.340 e. The topological polar surface area (TPSA) is 40.6 Å². The van der Waals surface area contributed by atoms with E-state index in [9.17, 15) is 9.59 Å². The lowest BCUT2D eigenvalue weighted by atomic mass is 10.0. The normalized spacial score (nSPS) is 19.8. The van der Waals surface area contributed by atoms with Crippen LogP contribution in [-0.2, 0) is 16.1 Å². The fourth-order valence-corrected chi connectivity index (χ4v) is 3.56. The van der Waals surface area contributed by atoms with Gasteiger partial charge in [0.1, 0.15) is 6.29 Å². The van der Waals surface area contributed by atoms with E-state index in [0.717, 1.165) is 41.3 Å². The molecule has 4 nitrogen and oxygen atoms in total. The Morgan fingerprint density at radius 2 is 2.35 bits per heavy atom. The van der Waals surface area contributed by atoms with Crippen LogP contribution in [0.4, 0.5) is 0 Å². The molecule has 1 fully saturated rings. The highest BCUT2D eigenvalue weighted by molar-refractivity contribution is 7.16. The lowest BCUT2D eigenvalue weighted by Crippen LogP contribution is -2.46. The van der Waals surface area contributed by atoms with Crippen molar-refractivity contribution >= 4 is 35.1 Å². The number of likely N-dealkylation sites (N-methyl/N-ethyl adjacent to an activating group) is 1. The Hall–Kier alpha value is -0.910. The molecule has 0 saturated carbocycles. The third-order valence-electron chi connectivity index (χ3n) is 3.61. The van der Waals surface area contributed by atoms with Gasteiger partial charge >= 0.3 is 0 Å². The summed E-state index contributed by atoms with van der Waals surface area (Å²) in [6.07, 6.45) is 3.95. The molecule has 0 bridgehead atoms. The molecule has 1 aromatic rings. The van der Waals surface area contributed by atoms with Crippen molar-refractivity contribution in [2.24, 2.45) is 0 Å². The van der Waals surface area contributed by atoms with Gasteiger partial charge in [-0.25, -0.2) is 0 Å². The van der Waals surface area contributed by atoms with E-state index in [2.05, 4.69) is 0 Å². The second-order valence-corrected chi connectivity index (χ2v) is 6.92. The number of amides is 1. The highest BCUT2D eigenvalue weighted by atomic mass is 35.5. The lowest BCUT2D eigenvalue weighted by molar-refractivity contribution is -0.133. The maximum absolute atomic E-state index is 12.2.